The topological polar surface area (TPSA) is 82.7 Å². The van der Waals surface area contributed by atoms with Gasteiger partial charge in [0.15, 0.2) is 5.69 Å². The van der Waals surface area contributed by atoms with Crippen molar-refractivity contribution in [1.29, 1.82) is 0 Å². The minimum atomic E-state index is -0.131. The first-order valence-electron chi connectivity index (χ1n) is 6.69. The lowest BCUT2D eigenvalue weighted by molar-refractivity contribution is 0.0919. The number of nitrogens with one attached hydrogen (secondary N) is 3. The fourth-order valence-electron chi connectivity index (χ4n) is 2.36. The minimum absolute atomic E-state index is 0.131. The molecule has 6 nitrogen and oxygen atoms in total. The van der Waals surface area contributed by atoms with E-state index in [1.807, 2.05) is 0 Å². The molecule has 0 spiro atoms. The first-order valence-corrected chi connectivity index (χ1v) is 6.69. The van der Waals surface area contributed by atoms with Crippen molar-refractivity contribution in [2.24, 2.45) is 0 Å². The van der Waals surface area contributed by atoms with Crippen molar-refractivity contribution in [3.8, 4) is 0 Å². The highest BCUT2D eigenvalue weighted by Crippen LogP contribution is 2.18. The number of nitrogens with zero attached hydrogens (tertiary/aromatic N) is 2. The largest absolute Gasteiger partial charge is 0.348 e. The van der Waals surface area contributed by atoms with E-state index in [2.05, 4.69) is 33.0 Å². The zero-order valence-electron chi connectivity index (χ0n) is 10.8. The van der Waals surface area contributed by atoms with Crippen molar-refractivity contribution in [3.05, 3.63) is 11.9 Å². The number of H-pyrrole nitrogens is 1. The Bertz CT molecular complexity index is 357. The van der Waals surface area contributed by atoms with E-state index in [4.69, 9.17) is 0 Å². The molecule has 1 heterocycles. The quantitative estimate of drug-likeness (QED) is 0.724. The summed E-state index contributed by atoms with van der Waals surface area (Å²) in [5.74, 6) is -0.131. The van der Waals surface area contributed by atoms with Crippen LogP contribution in [-0.4, -0.2) is 39.9 Å². The van der Waals surface area contributed by atoms with Crippen molar-refractivity contribution in [2.45, 2.75) is 51.1 Å². The van der Waals surface area contributed by atoms with Gasteiger partial charge in [-0.25, -0.2) is 0 Å². The van der Waals surface area contributed by atoms with E-state index < -0.39 is 0 Å². The van der Waals surface area contributed by atoms with Crippen LogP contribution in [0.5, 0.6) is 0 Å². The van der Waals surface area contributed by atoms with Gasteiger partial charge in [-0.3, -0.25) is 4.79 Å². The molecule has 1 aromatic rings. The van der Waals surface area contributed by atoms with Crippen LogP contribution in [0.3, 0.4) is 0 Å². The standard InChI is InChI=1S/C12H21N5O/c1-2-7-13-9-3-5-10(6-4-9)15-12(18)11-8-14-17-16-11/h8-10,13H,2-7H2,1H3,(H,15,18)(H,14,16,17). The van der Waals surface area contributed by atoms with Crippen LogP contribution < -0.4 is 10.6 Å². The second-order valence-corrected chi connectivity index (χ2v) is 4.83. The molecule has 1 aliphatic carbocycles. The summed E-state index contributed by atoms with van der Waals surface area (Å²) in [6, 6.07) is 0.888. The first-order chi connectivity index (χ1) is 8.79. The molecule has 6 heteroatoms. The molecule has 1 saturated carbocycles. The molecule has 0 aliphatic heterocycles. The number of carbonyl (C=O) groups is 1. The Kier molecular flexibility index (Phi) is 4.69. The van der Waals surface area contributed by atoms with Crippen molar-refractivity contribution in [3.63, 3.8) is 0 Å². The lowest BCUT2D eigenvalue weighted by atomic mass is 9.91. The molecule has 0 radical (unpaired) electrons. The second kappa shape index (κ2) is 6.49. The Morgan fingerprint density at radius 3 is 2.72 bits per heavy atom. The molecule has 0 unspecified atom stereocenters. The van der Waals surface area contributed by atoms with Crippen LogP contribution in [0.25, 0.3) is 0 Å². The molecule has 1 fully saturated rings. The van der Waals surface area contributed by atoms with E-state index >= 15 is 0 Å². The van der Waals surface area contributed by atoms with Crippen molar-refractivity contribution in [1.82, 2.24) is 26.0 Å². The van der Waals surface area contributed by atoms with Gasteiger partial charge in [0.1, 0.15) is 0 Å². The molecule has 0 bridgehead atoms. The molecule has 1 aliphatic rings. The summed E-state index contributed by atoms with van der Waals surface area (Å²) in [5.41, 5.74) is 0.362. The summed E-state index contributed by atoms with van der Waals surface area (Å²) in [5, 5.41) is 16.4. The maximum Gasteiger partial charge on any atom is 0.273 e. The van der Waals surface area contributed by atoms with Crippen LogP contribution in [-0.2, 0) is 0 Å². The number of carbonyl (C=O) groups excluding carboxylic acids is 1. The fraction of sp³-hybridized carbons (Fsp3) is 0.750. The summed E-state index contributed by atoms with van der Waals surface area (Å²) >= 11 is 0. The van der Waals surface area contributed by atoms with E-state index in [1.165, 1.54) is 12.6 Å². The molecule has 18 heavy (non-hydrogen) atoms. The zero-order chi connectivity index (χ0) is 12.8. The van der Waals surface area contributed by atoms with E-state index in [1.54, 1.807) is 0 Å². The molecule has 0 aromatic carbocycles. The maximum absolute atomic E-state index is 11.8. The summed E-state index contributed by atoms with van der Waals surface area (Å²) in [7, 11) is 0. The average Bonchev–Trinajstić information content (AvgIpc) is 2.92. The van der Waals surface area contributed by atoms with Crippen molar-refractivity contribution in [2.75, 3.05) is 6.54 Å². The van der Waals surface area contributed by atoms with E-state index in [-0.39, 0.29) is 11.9 Å². The van der Waals surface area contributed by atoms with Gasteiger partial charge in [-0.05, 0) is 38.6 Å². The smallest absolute Gasteiger partial charge is 0.273 e. The molecule has 0 saturated heterocycles. The maximum atomic E-state index is 11.8. The highest BCUT2D eigenvalue weighted by molar-refractivity contribution is 5.91. The van der Waals surface area contributed by atoms with Gasteiger partial charge in [0.2, 0.25) is 0 Å². The number of rotatable bonds is 5. The summed E-state index contributed by atoms with van der Waals surface area (Å²) < 4.78 is 0. The van der Waals surface area contributed by atoms with Crippen LogP contribution in [0.2, 0.25) is 0 Å². The van der Waals surface area contributed by atoms with Crippen LogP contribution in [0.1, 0.15) is 49.5 Å². The Balaban J connectivity index is 1.72. The van der Waals surface area contributed by atoms with Crippen LogP contribution in [0.4, 0.5) is 0 Å². The zero-order valence-corrected chi connectivity index (χ0v) is 10.8. The molecule has 1 aromatic heterocycles. The second-order valence-electron chi connectivity index (χ2n) is 4.83. The molecule has 3 N–H and O–H groups in total. The summed E-state index contributed by atoms with van der Waals surface area (Å²) in [6.45, 7) is 3.26. The normalized spacial score (nSPS) is 23.8. The highest BCUT2D eigenvalue weighted by atomic mass is 16.2. The van der Waals surface area contributed by atoms with Gasteiger partial charge < -0.3 is 10.6 Å². The Morgan fingerprint density at radius 1 is 1.39 bits per heavy atom. The van der Waals surface area contributed by atoms with Crippen molar-refractivity contribution < 1.29 is 4.79 Å². The van der Waals surface area contributed by atoms with Gasteiger partial charge in [0, 0.05) is 12.1 Å². The molecule has 2 rings (SSSR count). The molecule has 100 valence electrons. The highest BCUT2D eigenvalue weighted by Gasteiger charge is 2.22. The van der Waals surface area contributed by atoms with Gasteiger partial charge in [0.05, 0.1) is 6.20 Å². The van der Waals surface area contributed by atoms with Gasteiger partial charge in [0.25, 0.3) is 5.91 Å². The number of hydrogen-bond donors (Lipinski definition) is 3. The van der Waals surface area contributed by atoms with Crippen LogP contribution >= 0.6 is 0 Å². The molecular formula is C12H21N5O. The fourth-order valence-corrected chi connectivity index (χ4v) is 2.36. The van der Waals surface area contributed by atoms with E-state index in [0.717, 1.165) is 32.2 Å². The van der Waals surface area contributed by atoms with Gasteiger partial charge in [-0.15, -0.1) is 0 Å². The number of amides is 1. The number of aromatic nitrogens is 3. The van der Waals surface area contributed by atoms with Crippen molar-refractivity contribution >= 4 is 5.91 Å². The predicted molar refractivity (Wildman–Crippen MR) is 68.2 cm³/mol. The molecular weight excluding hydrogens is 230 g/mol. The SMILES string of the molecule is CCCNC1CCC(NC(=O)c2cn[nH]n2)CC1. The van der Waals surface area contributed by atoms with E-state index in [0.29, 0.717) is 11.7 Å². The third-order valence-corrected chi connectivity index (χ3v) is 3.39. The average molecular weight is 251 g/mol. The molecule has 1 amide bonds. The Morgan fingerprint density at radius 2 is 2.11 bits per heavy atom. The third kappa shape index (κ3) is 3.53. The Labute approximate surface area is 107 Å². The predicted octanol–water partition coefficient (Wildman–Crippen LogP) is 0.845. The monoisotopic (exact) mass is 251 g/mol. The minimum Gasteiger partial charge on any atom is -0.348 e. The van der Waals surface area contributed by atoms with Gasteiger partial charge >= 0.3 is 0 Å². The summed E-state index contributed by atoms with van der Waals surface area (Å²) in [6.07, 6.45) is 6.94. The van der Waals surface area contributed by atoms with E-state index in [9.17, 15) is 4.79 Å². The molecule has 0 atom stereocenters. The third-order valence-electron chi connectivity index (χ3n) is 3.39. The van der Waals surface area contributed by atoms with Crippen LogP contribution in [0, 0.1) is 0 Å². The summed E-state index contributed by atoms with van der Waals surface area (Å²) in [4.78, 5) is 11.8. The number of hydrogen-bond acceptors (Lipinski definition) is 4. The van der Waals surface area contributed by atoms with Gasteiger partial charge in [-0.1, -0.05) is 6.92 Å². The first kappa shape index (κ1) is 13.0. The Hall–Kier alpha value is -1.43. The van der Waals surface area contributed by atoms with Crippen LogP contribution in [0.15, 0.2) is 6.20 Å². The lowest BCUT2D eigenvalue weighted by Gasteiger charge is -2.29. The number of aromatic amines is 1. The van der Waals surface area contributed by atoms with Gasteiger partial charge in [-0.2, -0.15) is 15.4 Å². The lowest BCUT2D eigenvalue weighted by Crippen LogP contribution is -2.42.